The number of anilines is 1. The lowest BCUT2D eigenvalue weighted by Gasteiger charge is -2.33. The van der Waals surface area contributed by atoms with Crippen LogP contribution >= 0.6 is 0 Å². The number of hydrogen-bond acceptors (Lipinski definition) is 6. The zero-order valence-corrected chi connectivity index (χ0v) is 17.8. The summed E-state index contributed by atoms with van der Waals surface area (Å²) in [6, 6.07) is 10.3. The van der Waals surface area contributed by atoms with E-state index in [-0.39, 0.29) is 24.2 Å². The lowest BCUT2D eigenvalue weighted by molar-refractivity contribution is -0.125. The molecule has 1 amide bonds. The Kier molecular flexibility index (Phi) is 5.83. The Balaban J connectivity index is 1.29. The number of pyridine rings is 1. The van der Waals surface area contributed by atoms with Crippen LogP contribution in [0, 0.1) is 11.7 Å². The molecule has 1 saturated heterocycles. The van der Waals surface area contributed by atoms with Gasteiger partial charge in [0.05, 0.1) is 11.5 Å². The van der Waals surface area contributed by atoms with Gasteiger partial charge in [0.2, 0.25) is 17.6 Å². The van der Waals surface area contributed by atoms with Crippen molar-refractivity contribution >= 4 is 11.7 Å². The summed E-state index contributed by atoms with van der Waals surface area (Å²) in [7, 11) is 0. The molecule has 1 aromatic carbocycles. The summed E-state index contributed by atoms with van der Waals surface area (Å²) < 4.78 is 19.4. The molecule has 0 radical (unpaired) electrons. The van der Waals surface area contributed by atoms with Crippen LogP contribution in [0.2, 0.25) is 0 Å². The van der Waals surface area contributed by atoms with Gasteiger partial charge in [-0.1, -0.05) is 29.8 Å². The molecular formula is C24H26FN5O2. The van der Waals surface area contributed by atoms with Crippen molar-refractivity contribution in [2.75, 3.05) is 18.0 Å². The first-order valence-corrected chi connectivity index (χ1v) is 11.2. The Morgan fingerprint density at radius 2 is 2.03 bits per heavy atom. The van der Waals surface area contributed by atoms with Crippen LogP contribution in [0.3, 0.4) is 0 Å². The molecule has 1 aliphatic heterocycles. The number of piperidine rings is 1. The molecule has 1 atom stereocenters. The molecule has 0 spiro atoms. The lowest BCUT2D eigenvalue weighted by atomic mass is 9.85. The number of rotatable bonds is 6. The second kappa shape index (κ2) is 9.06. The van der Waals surface area contributed by atoms with Gasteiger partial charge in [-0.15, -0.1) is 0 Å². The second-order valence-corrected chi connectivity index (χ2v) is 8.55. The third kappa shape index (κ3) is 4.22. The van der Waals surface area contributed by atoms with Crippen LogP contribution in [0.4, 0.5) is 10.2 Å². The third-order valence-corrected chi connectivity index (χ3v) is 6.43. The molecule has 0 unspecified atom stereocenters. The Labute approximate surface area is 186 Å². The van der Waals surface area contributed by atoms with Crippen molar-refractivity contribution in [2.24, 2.45) is 5.92 Å². The van der Waals surface area contributed by atoms with Crippen molar-refractivity contribution < 1.29 is 13.7 Å². The molecule has 1 saturated carbocycles. The Morgan fingerprint density at radius 1 is 1.16 bits per heavy atom. The number of carbonyl (C=O) groups excluding carboxylic acids is 1. The first-order chi connectivity index (χ1) is 15.7. The second-order valence-electron chi connectivity index (χ2n) is 8.55. The van der Waals surface area contributed by atoms with Gasteiger partial charge < -0.3 is 14.7 Å². The summed E-state index contributed by atoms with van der Waals surface area (Å²) in [5.41, 5.74) is 1.30. The van der Waals surface area contributed by atoms with Crippen molar-refractivity contribution in [3.8, 4) is 11.4 Å². The van der Waals surface area contributed by atoms with E-state index in [1.807, 2.05) is 12.1 Å². The normalized spacial score (nSPS) is 18.9. The van der Waals surface area contributed by atoms with Gasteiger partial charge in [-0.2, -0.15) is 4.98 Å². The maximum atomic E-state index is 13.9. The average Bonchev–Trinajstić information content (AvgIpc) is 3.26. The van der Waals surface area contributed by atoms with Gasteiger partial charge in [-0.25, -0.2) is 9.37 Å². The number of nitrogens with one attached hydrogen (secondary N) is 1. The standard InChI is InChI=1S/C24H26FN5O2/c25-20-11-2-1-6-17(20)14-27-23(31)18-9-5-13-30(15-18)22-19(10-4-12-26-22)21-28-24(32-29-21)16-7-3-8-16/h1-2,4,6,10-12,16,18H,3,5,7-9,13-15H2,(H,27,31)/t18-/m0/s1. The van der Waals surface area contributed by atoms with Gasteiger partial charge in [-0.05, 0) is 43.9 Å². The monoisotopic (exact) mass is 435 g/mol. The highest BCUT2D eigenvalue weighted by Crippen LogP contribution is 2.37. The van der Waals surface area contributed by atoms with Crippen LogP contribution in [-0.4, -0.2) is 34.1 Å². The highest BCUT2D eigenvalue weighted by Gasteiger charge is 2.30. The number of nitrogens with zero attached hydrogens (tertiary/aromatic N) is 4. The predicted molar refractivity (Wildman–Crippen MR) is 117 cm³/mol. The van der Waals surface area contributed by atoms with Crippen molar-refractivity contribution in [2.45, 2.75) is 44.6 Å². The maximum Gasteiger partial charge on any atom is 0.230 e. The molecule has 1 aliphatic carbocycles. The minimum absolute atomic E-state index is 0.0673. The molecule has 3 heterocycles. The number of benzene rings is 1. The van der Waals surface area contributed by atoms with Gasteiger partial charge in [-0.3, -0.25) is 4.79 Å². The minimum Gasteiger partial charge on any atom is -0.355 e. The van der Waals surface area contributed by atoms with E-state index < -0.39 is 0 Å². The quantitative estimate of drug-likeness (QED) is 0.628. The highest BCUT2D eigenvalue weighted by molar-refractivity contribution is 5.80. The summed E-state index contributed by atoms with van der Waals surface area (Å²) in [5, 5.41) is 7.09. The van der Waals surface area contributed by atoms with Gasteiger partial charge in [0.1, 0.15) is 11.6 Å². The van der Waals surface area contributed by atoms with Gasteiger partial charge in [0, 0.05) is 37.3 Å². The van der Waals surface area contributed by atoms with E-state index in [2.05, 4.69) is 25.3 Å². The number of aromatic nitrogens is 3. The predicted octanol–water partition coefficient (Wildman–Crippen LogP) is 4.07. The summed E-state index contributed by atoms with van der Waals surface area (Å²) in [5.74, 6) is 1.81. The van der Waals surface area contributed by atoms with E-state index in [9.17, 15) is 9.18 Å². The molecule has 2 fully saturated rings. The smallest absolute Gasteiger partial charge is 0.230 e. The van der Waals surface area contributed by atoms with E-state index in [0.717, 1.165) is 43.6 Å². The first kappa shape index (κ1) is 20.6. The fourth-order valence-electron chi connectivity index (χ4n) is 4.34. The van der Waals surface area contributed by atoms with E-state index in [4.69, 9.17) is 4.52 Å². The molecule has 7 nitrogen and oxygen atoms in total. The molecule has 3 aromatic rings. The summed E-state index contributed by atoms with van der Waals surface area (Å²) in [4.78, 5) is 24.1. The van der Waals surface area contributed by atoms with Gasteiger partial charge in [0.15, 0.2) is 0 Å². The van der Waals surface area contributed by atoms with Crippen LogP contribution < -0.4 is 10.2 Å². The van der Waals surface area contributed by atoms with E-state index >= 15 is 0 Å². The van der Waals surface area contributed by atoms with Crippen molar-refractivity contribution in [1.29, 1.82) is 0 Å². The van der Waals surface area contributed by atoms with Crippen LogP contribution in [0.15, 0.2) is 47.1 Å². The molecule has 32 heavy (non-hydrogen) atoms. The van der Waals surface area contributed by atoms with Crippen molar-refractivity contribution in [1.82, 2.24) is 20.4 Å². The Hall–Kier alpha value is -3.29. The molecule has 5 rings (SSSR count). The van der Waals surface area contributed by atoms with Crippen molar-refractivity contribution in [3.05, 3.63) is 59.9 Å². The third-order valence-electron chi connectivity index (χ3n) is 6.43. The Bertz CT molecular complexity index is 1100. The number of hydrogen-bond donors (Lipinski definition) is 1. The van der Waals surface area contributed by atoms with Gasteiger partial charge >= 0.3 is 0 Å². The zero-order chi connectivity index (χ0) is 21.9. The van der Waals surface area contributed by atoms with E-state index in [0.29, 0.717) is 29.7 Å². The number of carbonyl (C=O) groups is 1. The molecule has 0 bridgehead atoms. The highest BCUT2D eigenvalue weighted by atomic mass is 19.1. The van der Waals surface area contributed by atoms with Crippen LogP contribution in [-0.2, 0) is 11.3 Å². The maximum absolute atomic E-state index is 13.9. The number of amides is 1. The topological polar surface area (TPSA) is 84.2 Å². The molecule has 2 aromatic heterocycles. The minimum atomic E-state index is -0.308. The van der Waals surface area contributed by atoms with E-state index in [1.54, 1.807) is 24.4 Å². The molecule has 166 valence electrons. The average molecular weight is 436 g/mol. The molecule has 1 N–H and O–H groups in total. The summed E-state index contributed by atoms with van der Waals surface area (Å²) in [6.07, 6.45) is 6.79. The summed E-state index contributed by atoms with van der Waals surface area (Å²) >= 11 is 0. The zero-order valence-electron chi connectivity index (χ0n) is 17.8. The largest absolute Gasteiger partial charge is 0.355 e. The molecule has 2 aliphatic rings. The van der Waals surface area contributed by atoms with Gasteiger partial charge in [0.25, 0.3) is 0 Å². The first-order valence-electron chi connectivity index (χ1n) is 11.2. The van der Waals surface area contributed by atoms with Crippen molar-refractivity contribution in [3.63, 3.8) is 0 Å². The lowest BCUT2D eigenvalue weighted by Crippen LogP contribution is -2.43. The molecule has 8 heteroatoms. The van der Waals surface area contributed by atoms with Crippen LogP contribution in [0.1, 0.15) is 49.5 Å². The van der Waals surface area contributed by atoms with Crippen LogP contribution in [0.5, 0.6) is 0 Å². The molecular weight excluding hydrogens is 409 g/mol. The Morgan fingerprint density at radius 3 is 2.84 bits per heavy atom. The fraction of sp³-hybridized carbons (Fsp3) is 0.417. The summed E-state index contributed by atoms with van der Waals surface area (Å²) in [6.45, 7) is 1.53. The number of halogens is 1. The SMILES string of the molecule is O=C(NCc1ccccc1F)[C@H]1CCCN(c2ncccc2-c2noc(C3CCC3)n2)C1. The fourth-order valence-corrected chi connectivity index (χ4v) is 4.34. The van der Waals surface area contributed by atoms with E-state index in [1.165, 1.54) is 12.5 Å². The van der Waals surface area contributed by atoms with Crippen LogP contribution in [0.25, 0.3) is 11.4 Å².